The van der Waals surface area contributed by atoms with Crippen LogP contribution in [0, 0.1) is 5.82 Å². The van der Waals surface area contributed by atoms with Gasteiger partial charge in [0, 0.05) is 6.61 Å². The molecule has 0 amide bonds. The maximum absolute atomic E-state index is 12.7. The molecule has 6 heteroatoms. The lowest BCUT2D eigenvalue weighted by atomic mass is 10.3. The van der Waals surface area contributed by atoms with Gasteiger partial charge in [-0.1, -0.05) is 0 Å². The molecule has 0 spiro atoms. The minimum Gasteiger partial charge on any atom is -0.398 e. The van der Waals surface area contributed by atoms with Gasteiger partial charge in [-0.15, -0.1) is 0 Å². The molecule has 1 aromatic carbocycles. The molecule has 1 rings (SSSR count). The van der Waals surface area contributed by atoms with Crippen LogP contribution in [0.3, 0.4) is 0 Å². The van der Waals surface area contributed by atoms with E-state index in [1.54, 1.807) is 6.92 Å². The summed E-state index contributed by atoms with van der Waals surface area (Å²) in [6.45, 7) is 2.34. The number of hydrogen-bond acceptors (Lipinski definition) is 4. The van der Waals surface area contributed by atoms with Crippen molar-refractivity contribution >= 4 is 15.5 Å². The van der Waals surface area contributed by atoms with E-state index in [1.165, 1.54) is 6.07 Å². The zero-order valence-corrected chi connectivity index (χ0v) is 9.76. The first-order valence-electron chi connectivity index (χ1n) is 4.83. The summed E-state index contributed by atoms with van der Waals surface area (Å²) in [4.78, 5) is -0.0476. The summed E-state index contributed by atoms with van der Waals surface area (Å²) < 4.78 is 41.2. The van der Waals surface area contributed by atoms with Crippen molar-refractivity contribution in [3.8, 4) is 0 Å². The number of halogens is 1. The number of ether oxygens (including phenoxy) is 1. The summed E-state index contributed by atoms with van der Waals surface area (Å²) in [7, 11) is -3.50. The van der Waals surface area contributed by atoms with Crippen molar-refractivity contribution in [1.82, 2.24) is 0 Å². The zero-order chi connectivity index (χ0) is 12.2. The largest absolute Gasteiger partial charge is 0.398 e. The Labute approximate surface area is 94.1 Å². The van der Waals surface area contributed by atoms with Gasteiger partial charge in [0.05, 0.1) is 22.9 Å². The predicted octanol–water partition coefficient (Wildman–Crippen LogP) is 1.22. The second kappa shape index (κ2) is 5.27. The van der Waals surface area contributed by atoms with Crippen LogP contribution in [-0.2, 0) is 14.6 Å². The highest BCUT2D eigenvalue weighted by Gasteiger charge is 2.17. The second-order valence-corrected chi connectivity index (χ2v) is 5.28. The third-order valence-corrected chi connectivity index (χ3v) is 3.75. The van der Waals surface area contributed by atoms with Crippen molar-refractivity contribution in [2.45, 2.75) is 11.8 Å². The average molecular weight is 247 g/mol. The molecule has 0 aliphatic heterocycles. The average Bonchev–Trinajstić information content (AvgIpc) is 2.17. The highest BCUT2D eigenvalue weighted by atomic mass is 32.2. The molecule has 0 radical (unpaired) electrons. The molecule has 0 saturated heterocycles. The quantitative estimate of drug-likeness (QED) is 0.482. The molecule has 16 heavy (non-hydrogen) atoms. The summed E-state index contributed by atoms with van der Waals surface area (Å²) in [6.07, 6.45) is 0. The Bertz CT molecular complexity index is 459. The summed E-state index contributed by atoms with van der Waals surface area (Å²) in [5, 5.41) is 0. The van der Waals surface area contributed by atoms with E-state index in [1.807, 2.05) is 0 Å². The minimum atomic E-state index is -3.50. The highest BCUT2D eigenvalue weighted by molar-refractivity contribution is 7.91. The molecule has 0 atom stereocenters. The van der Waals surface area contributed by atoms with Crippen LogP contribution in [0.1, 0.15) is 6.92 Å². The molecule has 4 nitrogen and oxygen atoms in total. The standard InChI is InChI=1S/C10H14FNO3S/c1-2-15-5-6-16(13,14)10-4-3-8(11)7-9(10)12/h3-4,7H,2,5-6,12H2,1H3. The summed E-state index contributed by atoms with van der Waals surface area (Å²) in [5.74, 6) is -0.710. The van der Waals surface area contributed by atoms with Gasteiger partial charge in [-0.25, -0.2) is 12.8 Å². The van der Waals surface area contributed by atoms with Crippen LogP contribution in [0.15, 0.2) is 23.1 Å². The van der Waals surface area contributed by atoms with E-state index < -0.39 is 15.7 Å². The Morgan fingerprint density at radius 1 is 1.44 bits per heavy atom. The normalized spacial score (nSPS) is 11.6. The molecular formula is C10H14FNO3S. The minimum absolute atomic E-state index is 0.0476. The zero-order valence-electron chi connectivity index (χ0n) is 8.94. The fourth-order valence-corrected chi connectivity index (χ4v) is 2.48. The van der Waals surface area contributed by atoms with E-state index in [0.717, 1.165) is 12.1 Å². The van der Waals surface area contributed by atoms with Gasteiger partial charge >= 0.3 is 0 Å². The van der Waals surface area contributed by atoms with Crippen LogP contribution in [0.5, 0.6) is 0 Å². The van der Waals surface area contributed by atoms with Crippen molar-refractivity contribution in [2.75, 3.05) is 24.7 Å². The first-order valence-corrected chi connectivity index (χ1v) is 6.48. The van der Waals surface area contributed by atoms with Crippen LogP contribution < -0.4 is 5.73 Å². The van der Waals surface area contributed by atoms with Crippen molar-refractivity contribution in [3.05, 3.63) is 24.0 Å². The van der Waals surface area contributed by atoms with Crippen LogP contribution >= 0.6 is 0 Å². The molecule has 90 valence electrons. The molecule has 0 aliphatic rings. The molecule has 0 bridgehead atoms. The maximum atomic E-state index is 12.7. The van der Waals surface area contributed by atoms with Gasteiger partial charge in [0.1, 0.15) is 5.82 Å². The van der Waals surface area contributed by atoms with E-state index in [-0.39, 0.29) is 22.9 Å². The van der Waals surface area contributed by atoms with Crippen molar-refractivity contribution in [1.29, 1.82) is 0 Å². The number of nitrogen functional groups attached to an aromatic ring is 1. The summed E-state index contributed by atoms with van der Waals surface area (Å²) >= 11 is 0. The molecule has 0 aliphatic carbocycles. The maximum Gasteiger partial charge on any atom is 0.182 e. The Morgan fingerprint density at radius 2 is 2.12 bits per heavy atom. The molecule has 2 N–H and O–H groups in total. The molecule has 1 aromatic rings. The number of benzene rings is 1. The lowest BCUT2D eigenvalue weighted by molar-refractivity contribution is 0.163. The third kappa shape index (κ3) is 3.18. The Kier molecular flexibility index (Phi) is 4.26. The molecule has 0 unspecified atom stereocenters. The fourth-order valence-electron chi connectivity index (χ4n) is 1.23. The summed E-state index contributed by atoms with van der Waals surface area (Å²) in [5.41, 5.74) is 5.38. The van der Waals surface area contributed by atoms with E-state index in [0.29, 0.717) is 6.61 Å². The smallest absolute Gasteiger partial charge is 0.182 e. The SMILES string of the molecule is CCOCCS(=O)(=O)c1ccc(F)cc1N. The third-order valence-electron chi connectivity index (χ3n) is 2.01. The van der Waals surface area contributed by atoms with Gasteiger partial charge in [0.15, 0.2) is 9.84 Å². The Balaban J connectivity index is 2.90. The number of sulfone groups is 1. The topological polar surface area (TPSA) is 69.4 Å². The van der Waals surface area contributed by atoms with E-state index in [4.69, 9.17) is 10.5 Å². The number of rotatable bonds is 5. The van der Waals surface area contributed by atoms with Gasteiger partial charge in [-0.2, -0.15) is 0 Å². The van der Waals surface area contributed by atoms with E-state index in [2.05, 4.69) is 0 Å². The first-order chi connectivity index (χ1) is 7.47. The highest BCUT2D eigenvalue weighted by Crippen LogP contribution is 2.20. The number of anilines is 1. The van der Waals surface area contributed by atoms with Crippen molar-refractivity contribution in [3.63, 3.8) is 0 Å². The monoisotopic (exact) mass is 247 g/mol. The second-order valence-electron chi connectivity index (χ2n) is 3.20. The van der Waals surface area contributed by atoms with Gasteiger partial charge in [-0.3, -0.25) is 0 Å². The van der Waals surface area contributed by atoms with Crippen LogP contribution in [0.4, 0.5) is 10.1 Å². The van der Waals surface area contributed by atoms with Crippen molar-refractivity contribution < 1.29 is 17.5 Å². The number of hydrogen-bond donors (Lipinski definition) is 1. The molecule has 0 saturated carbocycles. The van der Waals surface area contributed by atoms with E-state index in [9.17, 15) is 12.8 Å². The van der Waals surface area contributed by atoms with Gasteiger partial charge < -0.3 is 10.5 Å². The Morgan fingerprint density at radius 3 is 2.69 bits per heavy atom. The van der Waals surface area contributed by atoms with Gasteiger partial charge in [0.2, 0.25) is 0 Å². The van der Waals surface area contributed by atoms with E-state index >= 15 is 0 Å². The predicted molar refractivity (Wildman–Crippen MR) is 59.4 cm³/mol. The summed E-state index contributed by atoms with van der Waals surface area (Å²) in [6, 6.07) is 3.24. The van der Waals surface area contributed by atoms with Crippen LogP contribution in [0.2, 0.25) is 0 Å². The molecular weight excluding hydrogens is 233 g/mol. The van der Waals surface area contributed by atoms with Gasteiger partial charge in [-0.05, 0) is 25.1 Å². The lowest BCUT2D eigenvalue weighted by Crippen LogP contribution is -2.14. The van der Waals surface area contributed by atoms with Crippen molar-refractivity contribution in [2.24, 2.45) is 0 Å². The molecule has 0 aromatic heterocycles. The lowest BCUT2D eigenvalue weighted by Gasteiger charge is -2.07. The molecule has 0 heterocycles. The Hall–Kier alpha value is -1.14. The molecule has 0 fully saturated rings. The van der Waals surface area contributed by atoms with Gasteiger partial charge in [0.25, 0.3) is 0 Å². The number of nitrogens with two attached hydrogens (primary N) is 1. The van der Waals surface area contributed by atoms with Crippen LogP contribution in [-0.4, -0.2) is 27.4 Å². The first kappa shape index (κ1) is 12.9. The fraction of sp³-hybridized carbons (Fsp3) is 0.400. The van der Waals surface area contributed by atoms with Crippen LogP contribution in [0.25, 0.3) is 0 Å².